The molecular weight excluding hydrogens is 369 g/mol. The second-order valence-corrected chi connectivity index (χ2v) is 5.53. The van der Waals surface area contributed by atoms with Gasteiger partial charge in [-0.1, -0.05) is 11.6 Å². The van der Waals surface area contributed by atoms with Crippen LogP contribution in [0.25, 0.3) is 0 Å². The lowest BCUT2D eigenvalue weighted by molar-refractivity contribution is 0.102. The van der Waals surface area contributed by atoms with Gasteiger partial charge in [-0.2, -0.15) is 0 Å². The van der Waals surface area contributed by atoms with Crippen LogP contribution in [0.1, 0.15) is 10.4 Å². The molecule has 0 radical (unpaired) electrons. The van der Waals surface area contributed by atoms with Crippen molar-refractivity contribution < 1.29 is 18.0 Å². The van der Waals surface area contributed by atoms with E-state index >= 15 is 0 Å². The molecule has 3 rings (SSSR count). The van der Waals surface area contributed by atoms with E-state index in [4.69, 9.17) is 11.6 Å². The molecular formula is C17H10ClF3N4O. The van der Waals surface area contributed by atoms with Crippen LogP contribution in [0.4, 0.5) is 30.5 Å². The molecule has 9 heteroatoms. The highest BCUT2D eigenvalue weighted by atomic mass is 35.5. The highest BCUT2D eigenvalue weighted by Crippen LogP contribution is 2.20. The fourth-order valence-corrected chi connectivity index (χ4v) is 2.18. The van der Waals surface area contributed by atoms with Gasteiger partial charge in [0.25, 0.3) is 5.91 Å². The molecule has 0 fully saturated rings. The number of aromatic nitrogens is 2. The fraction of sp³-hybridized carbons (Fsp3) is 0. The average molecular weight is 379 g/mol. The molecule has 2 aromatic carbocycles. The Kier molecular flexibility index (Phi) is 5.04. The summed E-state index contributed by atoms with van der Waals surface area (Å²) in [5, 5.41) is 4.97. The van der Waals surface area contributed by atoms with Crippen molar-refractivity contribution in [2.45, 2.75) is 0 Å². The zero-order chi connectivity index (χ0) is 18.7. The molecule has 0 spiro atoms. The fourth-order valence-electron chi connectivity index (χ4n) is 2.00. The third kappa shape index (κ3) is 4.09. The molecule has 0 atom stereocenters. The molecule has 0 aliphatic heterocycles. The molecule has 132 valence electrons. The highest BCUT2D eigenvalue weighted by molar-refractivity contribution is 6.31. The normalized spacial score (nSPS) is 10.5. The van der Waals surface area contributed by atoms with Crippen LogP contribution in [0.3, 0.4) is 0 Å². The van der Waals surface area contributed by atoms with Crippen LogP contribution in [0.15, 0.2) is 48.8 Å². The van der Waals surface area contributed by atoms with Crippen LogP contribution in [-0.2, 0) is 0 Å². The van der Waals surface area contributed by atoms with Crippen LogP contribution in [0, 0.1) is 17.5 Å². The largest absolute Gasteiger partial charge is 0.322 e. The molecule has 0 unspecified atom stereocenters. The number of nitrogens with zero attached hydrogens (tertiary/aromatic N) is 2. The first-order chi connectivity index (χ1) is 12.4. The number of hydrogen-bond donors (Lipinski definition) is 2. The van der Waals surface area contributed by atoms with E-state index in [0.29, 0.717) is 5.69 Å². The van der Waals surface area contributed by atoms with Crippen molar-refractivity contribution in [1.82, 2.24) is 9.97 Å². The van der Waals surface area contributed by atoms with Gasteiger partial charge in [0.05, 0.1) is 16.3 Å². The summed E-state index contributed by atoms with van der Waals surface area (Å²) in [5.41, 5.74) is 0.414. The number of carbonyl (C=O) groups excluding carboxylic acids is 1. The molecule has 1 heterocycles. The minimum Gasteiger partial charge on any atom is -0.322 e. The van der Waals surface area contributed by atoms with E-state index in [1.165, 1.54) is 30.6 Å². The Morgan fingerprint density at radius 1 is 0.962 bits per heavy atom. The number of anilines is 3. The first-order valence-corrected chi connectivity index (χ1v) is 7.61. The molecule has 5 nitrogen and oxygen atoms in total. The summed E-state index contributed by atoms with van der Waals surface area (Å²) in [6, 6.07) is 6.75. The first kappa shape index (κ1) is 17.7. The van der Waals surface area contributed by atoms with Crippen molar-refractivity contribution >= 4 is 34.8 Å². The van der Waals surface area contributed by atoms with Gasteiger partial charge in [0.2, 0.25) is 5.95 Å². The highest BCUT2D eigenvalue weighted by Gasteiger charge is 2.10. The zero-order valence-corrected chi connectivity index (χ0v) is 13.7. The van der Waals surface area contributed by atoms with Crippen LogP contribution < -0.4 is 10.6 Å². The lowest BCUT2D eigenvalue weighted by Gasteiger charge is -2.08. The molecule has 2 N–H and O–H groups in total. The molecule has 0 saturated heterocycles. The van der Waals surface area contributed by atoms with Gasteiger partial charge in [0.15, 0.2) is 0 Å². The topological polar surface area (TPSA) is 66.9 Å². The minimum absolute atomic E-state index is 0.00967. The maximum atomic E-state index is 13.6. The average Bonchev–Trinajstić information content (AvgIpc) is 2.61. The molecule has 1 amide bonds. The third-order valence-corrected chi connectivity index (χ3v) is 3.56. The third-order valence-electron chi connectivity index (χ3n) is 3.27. The number of carbonyl (C=O) groups is 1. The van der Waals surface area contributed by atoms with E-state index in [-0.39, 0.29) is 22.2 Å². The number of benzene rings is 2. The van der Waals surface area contributed by atoms with Crippen molar-refractivity contribution in [3.8, 4) is 0 Å². The molecule has 0 saturated carbocycles. The molecule has 0 aliphatic carbocycles. The van der Waals surface area contributed by atoms with Crippen LogP contribution in [-0.4, -0.2) is 15.9 Å². The number of rotatable bonds is 4. The Labute approximate surface area is 150 Å². The lowest BCUT2D eigenvalue weighted by Crippen LogP contribution is -2.13. The van der Waals surface area contributed by atoms with Crippen molar-refractivity contribution in [3.05, 3.63) is 76.8 Å². The summed E-state index contributed by atoms with van der Waals surface area (Å²) in [5.74, 6) is -2.62. The number of nitrogens with one attached hydrogen (secondary N) is 2. The molecule has 0 bridgehead atoms. The summed E-state index contributed by atoms with van der Waals surface area (Å²) in [4.78, 5) is 19.9. The van der Waals surface area contributed by atoms with Gasteiger partial charge in [0.1, 0.15) is 17.5 Å². The van der Waals surface area contributed by atoms with Crippen molar-refractivity contribution in [3.63, 3.8) is 0 Å². The molecule has 26 heavy (non-hydrogen) atoms. The van der Waals surface area contributed by atoms with Gasteiger partial charge in [-0.15, -0.1) is 0 Å². The Morgan fingerprint density at radius 3 is 2.35 bits per heavy atom. The van der Waals surface area contributed by atoms with Gasteiger partial charge in [0, 0.05) is 24.1 Å². The number of halogens is 4. The van der Waals surface area contributed by atoms with Gasteiger partial charge in [-0.05, 0) is 30.3 Å². The predicted octanol–water partition coefficient (Wildman–Crippen LogP) is 4.54. The summed E-state index contributed by atoms with van der Waals surface area (Å²) in [6.45, 7) is 0. The molecule has 1 aromatic heterocycles. The van der Waals surface area contributed by atoms with Gasteiger partial charge < -0.3 is 10.6 Å². The summed E-state index contributed by atoms with van der Waals surface area (Å²) >= 11 is 5.65. The van der Waals surface area contributed by atoms with Gasteiger partial charge in [-0.3, -0.25) is 4.79 Å². The summed E-state index contributed by atoms with van der Waals surface area (Å²) in [6.07, 6.45) is 2.44. The molecule has 3 aromatic rings. The summed E-state index contributed by atoms with van der Waals surface area (Å²) < 4.78 is 39.6. The Morgan fingerprint density at radius 2 is 1.69 bits per heavy atom. The van der Waals surface area contributed by atoms with Crippen molar-refractivity contribution in [2.24, 2.45) is 0 Å². The summed E-state index contributed by atoms with van der Waals surface area (Å²) in [7, 11) is 0. The smallest absolute Gasteiger partial charge is 0.258 e. The predicted molar refractivity (Wildman–Crippen MR) is 91.0 cm³/mol. The van der Waals surface area contributed by atoms with E-state index in [9.17, 15) is 18.0 Å². The minimum atomic E-state index is -0.802. The van der Waals surface area contributed by atoms with Gasteiger partial charge >= 0.3 is 0 Å². The van der Waals surface area contributed by atoms with Crippen LogP contribution >= 0.6 is 11.6 Å². The van der Waals surface area contributed by atoms with E-state index in [1.54, 1.807) is 0 Å². The SMILES string of the molecule is O=C(Nc1ccc(F)c(Cl)c1)c1cnc(Nc2ccc(F)cc2F)nc1. The van der Waals surface area contributed by atoms with E-state index < -0.39 is 23.4 Å². The maximum Gasteiger partial charge on any atom is 0.258 e. The number of hydrogen-bond acceptors (Lipinski definition) is 4. The van der Waals surface area contributed by atoms with Crippen LogP contribution in [0.2, 0.25) is 5.02 Å². The quantitative estimate of drug-likeness (QED) is 0.699. The second-order valence-electron chi connectivity index (χ2n) is 5.13. The Bertz CT molecular complexity index is 967. The molecule has 0 aliphatic rings. The number of amides is 1. The lowest BCUT2D eigenvalue weighted by atomic mass is 10.2. The van der Waals surface area contributed by atoms with Gasteiger partial charge in [-0.25, -0.2) is 23.1 Å². The first-order valence-electron chi connectivity index (χ1n) is 7.23. The Hall–Kier alpha value is -3.13. The zero-order valence-electron chi connectivity index (χ0n) is 12.9. The second kappa shape index (κ2) is 7.40. The van der Waals surface area contributed by atoms with E-state index in [2.05, 4.69) is 20.6 Å². The van der Waals surface area contributed by atoms with Crippen molar-refractivity contribution in [2.75, 3.05) is 10.6 Å². The van der Waals surface area contributed by atoms with E-state index in [0.717, 1.165) is 18.2 Å². The van der Waals surface area contributed by atoms with Crippen LogP contribution in [0.5, 0.6) is 0 Å². The Balaban J connectivity index is 1.70. The standard InChI is InChI=1S/C17H10ClF3N4O/c18-12-6-11(2-3-13(12)20)24-16(26)9-7-22-17(23-8-9)25-15-4-1-10(19)5-14(15)21/h1-8H,(H,24,26)(H,22,23,25). The maximum absolute atomic E-state index is 13.6. The van der Waals surface area contributed by atoms with Crippen molar-refractivity contribution in [1.29, 1.82) is 0 Å². The van der Waals surface area contributed by atoms with E-state index in [1.807, 2.05) is 0 Å². The monoisotopic (exact) mass is 378 g/mol.